The van der Waals surface area contributed by atoms with Crippen LogP contribution in [-0.4, -0.2) is 110 Å². The molecule has 576 valence electrons. The number of hydrogen-bond acceptors (Lipinski definition) is 18. The number of ether oxygens (including phenoxy) is 9. The maximum absolute atomic E-state index is 13.1. The summed E-state index contributed by atoms with van der Waals surface area (Å²) in [4.78, 5) is 0. The number of benzene rings is 9. The number of hydrogen-bond donors (Lipinski definition) is 9. The molecule has 9 aromatic carbocycles. The first-order valence-electron chi connectivity index (χ1n) is 27.1. The zero-order valence-corrected chi connectivity index (χ0v) is 76.9. The quantitative estimate of drug-likeness (QED) is 0.0369. The molecule has 0 unspecified atom stereocenters. The van der Waals surface area contributed by atoms with Crippen LogP contribution in [0.3, 0.4) is 0 Å². The molecular formula is C65H54Br4Cl15FI2O18. The summed E-state index contributed by atoms with van der Waals surface area (Å²) in [6.45, 7) is 3.40. The van der Waals surface area contributed by atoms with Crippen LogP contribution in [0.15, 0.2) is 90.7 Å². The van der Waals surface area contributed by atoms with E-state index < -0.39 is 16.6 Å². The van der Waals surface area contributed by atoms with Crippen LogP contribution >= 0.6 is 283 Å². The van der Waals surface area contributed by atoms with Crippen molar-refractivity contribution in [3.8, 4) is 103 Å². The van der Waals surface area contributed by atoms with E-state index in [2.05, 4.69) is 114 Å². The molecule has 0 fully saturated rings. The topological polar surface area (TPSA) is 265 Å². The second kappa shape index (κ2) is 48.7. The van der Waals surface area contributed by atoms with Gasteiger partial charge in [-0.2, -0.15) is 0 Å². The van der Waals surface area contributed by atoms with E-state index in [1.54, 1.807) is 52.3 Å². The molecule has 9 aromatic rings. The molecule has 0 heterocycles. The third-order valence-electron chi connectivity index (χ3n) is 12.1. The Morgan fingerprint density at radius 3 is 1.17 bits per heavy atom. The zero-order chi connectivity index (χ0) is 81.1. The molecule has 0 saturated heterocycles. The van der Waals surface area contributed by atoms with Gasteiger partial charge >= 0.3 is 0 Å². The van der Waals surface area contributed by atoms with E-state index in [1.165, 1.54) is 92.2 Å². The molecule has 0 amide bonds. The van der Waals surface area contributed by atoms with Crippen LogP contribution in [0.2, 0.25) is 75.3 Å². The molecule has 9 N–H and O–H groups in total. The van der Waals surface area contributed by atoms with E-state index in [1.807, 2.05) is 6.07 Å². The van der Waals surface area contributed by atoms with Crippen molar-refractivity contribution in [3.05, 3.63) is 190 Å². The molecule has 0 bridgehead atoms. The van der Waals surface area contributed by atoms with Crippen molar-refractivity contribution in [2.24, 2.45) is 0 Å². The van der Waals surface area contributed by atoms with Crippen LogP contribution in [0.1, 0.15) is 11.1 Å². The molecular weight excluding hydrogens is 2190 g/mol. The van der Waals surface area contributed by atoms with Gasteiger partial charge in [0.1, 0.15) is 111 Å². The maximum atomic E-state index is 13.1. The van der Waals surface area contributed by atoms with Crippen LogP contribution in [0.4, 0.5) is 4.39 Å². The molecule has 9 rings (SSSR count). The first-order valence-corrected chi connectivity index (χ1v) is 38.1. The standard InChI is InChI=1S/2C8H8Cl2O2.C7H6Br2O2.2C7H6BrClO2.C7H4Cl3FO2.2C7H5Cl3O2.C7H6I2O2/c1-4-7(9)5(11)3-6(12-2)8(4)10;1-4-7(11)5(9)3-6(10)8(4)12-2;1-11-7-3-6(10)4(8)2-5(7)9;1-11-7-3-6(10)5(9)2-4(7)8;1-11-4-2-5(8)7(9)6(10)3-4;1-13-7-3(9)5(11)2(8)6(12)4(7)10;1-12-7-4(9)2-3(8)6(11)5(7)10;1-12-4-2-3(11)5(8)7(10)6(4)9;1-11-7-3-6(10)4(8)2-5(7)9/h2*3,11H,1-2H3;3*2-3,10H,1H3;12H,1H3;2*2,11H,1H3;2-3,10H,1H3. The van der Waals surface area contributed by atoms with E-state index in [-0.39, 0.29) is 108 Å². The van der Waals surface area contributed by atoms with Crippen LogP contribution in [0.5, 0.6) is 103 Å². The summed E-state index contributed by atoms with van der Waals surface area (Å²) in [5.41, 5.74) is 1.17. The Bertz CT molecular complexity index is 4160. The van der Waals surface area contributed by atoms with Crippen LogP contribution < -0.4 is 42.6 Å². The highest BCUT2D eigenvalue weighted by molar-refractivity contribution is 14.1. The highest BCUT2D eigenvalue weighted by Crippen LogP contribution is 2.48. The summed E-state index contributed by atoms with van der Waals surface area (Å²) >= 11 is 102. The Labute approximate surface area is 738 Å². The van der Waals surface area contributed by atoms with Crippen molar-refractivity contribution in [2.75, 3.05) is 64.0 Å². The Morgan fingerprint density at radius 2 is 0.695 bits per heavy atom. The minimum Gasteiger partial charge on any atom is -0.507 e. The van der Waals surface area contributed by atoms with Crippen molar-refractivity contribution >= 4 is 283 Å². The van der Waals surface area contributed by atoms with Gasteiger partial charge < -0.3 is 88.6 Å². The number of methoxy groups -OCH3 is 9. The van der Waals surface area contributed by atoms with E-state index in [9.17, 15) is 45.2 Å². The van der Waals surface area contributed by atoms with Crippen molar-refractivity contribution in [2.45, 2.75) is 13.8 Å². The van der Waals surface area contributed by atoms with E-state index >= 15 is 0 Å². The lowest BCUT2D eigenvalue weighted by atomic mass is 10.2. The van der Waals surface area contributed by atoms with Gasteiger partial charge in [0.2, 0.25) is 0 Å². The smallest absolute Gasteiger partial charge is 0.168 e. The van der Waals surface area contributed by atoms with Gasteiger partial charge in [0.25, 0.3) is 0 Å². The highest BCUT2D eigenvalue weighted by atomic mass is 127. The van der Waals surface area contributed by atoms with Gasteiger partial charge in [-0.25, -0.2) is 4.39 Å². The molecule has 105 heavy (non-hydrogen) atoms. The Morgan fingerprint density at radius 1 is 0.276 bits per heavy atom. The largest absolute Gasteiger partial charge is 0.507 e. The molecule has 18 nitrogen and oxygen atoms in total. The summed E-state index contributed by atoms with van der Waals surface area (Å²) in [6.07, 6.45) is 0. The summed E-state index contributed by atoms with van der Waals surface area (Å²) < 4.78 is 61.7. The lowest BCUT2D eigenvalue weighted by Crippen LogP contribution is -1.90. The fraction of sp³-hybridized carbons (Fsp3) is 0.169. The maximum Gasteiger partial charge on any atom is 0.168 e. The predicted molar refractivity (Wildman–Crippen MR) is 453 cm³/mol. The molecule has 0 aliphatic carbocycles. The number of phenolic OH excluding ortho intramolecular Hbond substituents is 9. The lowest BCUT2D eigenvalue weighted by molar-refractivity contribution is 0.403. The van der Waals surface area contributed by atoms with Crippen molar-refractivity contribution in [3.63, 3.8) is 0 Å². The van der Waals surface area contributed by atoms with Gasteiger partial charge in [-0.1, -0.05) is 174 Å². The van der Waals surface area contributed by atoms with Gasteiger partial charge in [-0.3, -0.25) is 0 Å². The van der Waals surface area contributed by atoms with Crippen molar-refractivity contribution in [1.29, 1.82) is 0 Å². The van der Waals surface area contributed by atoms with E-state index in [0.717, 1.165) is 16.1 Å². The summed E-state index contributed by atoms with van der Waals surface area (Å²) in [5.74, 6) is 2.28. The fourth-order valence-electron chi connectivity index (χ4n) is 6.77. The number of aromatic hydroxyl groups is 9. The van der Waals surface area contributed by atoms with Crippen LogP contribution in [-0.2, 0) is 0 Å². The molecule has 0 aromatic heterocycles. The second-order valence-corrected chi connectivity index (χ2v) is 30.2. The van der Waals surface area contributed by atoms with Crippen molar-refractivity contribution < 1.29 is 93.0 Å². The fourth-order valence-corrected chi connectivity index (χ4v) is 14.5. The third kappa shape index (κ3) is 29.6. The van der Waals surface area contributed by atoms with Gasteiger partial charge in [0.05, 0.1) is 130 Å². The molecule has 0 saturated carbocycles. The van der Waals surface area contributed by atoms with E-state index in [0.29, 0.717) is 80.4 Å². The van der Waals surface area contributed by atoms with Gasteiger partial charge in [0.15, 0.2) is 28.8 Å². The minimum atomic E-state index is -0.956. The molecule has 0 aliphatic rings. The zero-order valence-electron chi connectivity index (χ0n) is 54.9. The SMILES string of the molecule is COc1c(Cl)c(O)c(Cl)c(F)c1Cl.COc1c(Cl)cc(Cl)c(O)c1C.COc1c(Cl)cc(Cl)c(O)c1Cl.COc1cc(O)c(Br)cc1Br.COc1cc(O)c(Cl)c(Br)c1.COc1cc(O)c(Cl)c(C)c1Cl.COc1cc(O)c(Cl)c(Cl)c1Cl.COc1cc(O)c(Cl)cc1Br.COc1cc(O)c(I)cc1I. The highest BCUT2D eigenvalue weighted by Gasteiger charge is 2.22. The van der Waals surface area contributed by atoms with Crippen molar-refractivity contribution in [1.82, 2.24) is 0 Å². The number of rotatable bonds is 9. The first kappa shape index (κ1) is 100. The van der Waals surface area contributed by atoms with Gasteiger partial charge in [-0.15, -0.1) is 0 Å². The molecule has 40 heteroatoms. The molecule has 0 spiro atoms. The molecule has 0 atom stereocenters. The lowest BCUT2D eigenvalue weighted by Gasteiger charge is -2.09. The summed E-state index contributed by atoms with van der Waals surface area (Å²) in [6, 6.07) is 18.4. The van der Waals surface area contributed by atoms with Crippen LogP contribution in [0.25, 0.3) is 0 Å². The Balaban J connectivity index is 0.000000591. The Kier molecular flexibility index (Phi) is 46.4. The molecule has 0 radical (unpaired) electrons. The first-order chi connectivity index (χ1) is 48.9. The van der Waals surface area contributed by atoms with Gasteiger partial charge in [0, 0.05) is 46.4 Å². The van der Waals surface area contributed by atoms with Gasteiger partial charge in [-0.05, 0) is 165 Å². The molecule has 0 aliphatic heterocycles. The Hall–Kier alpha value is -2.96. The number of phenols is 9. The summed E-state index contributed by atoms with van der Waals surface area (Å²) in [7, 11) is 13.2. The minimum absolute atomic E-state index is 0.0119. The normalized spacial score (nSPS) is 9.91. The average molecular weight is 2250 g/mol. The van der Waals surface area contributed by atoms with Crippen LogP contribution in [0, 0.1) is 26.8 Å². The monoisotopic (exact) mass is 2240 g/mol. The van der Waals surface area contributed by atoms with E-state index in [4.69, 9.17) is 217 Å². The number of halogens is 22. The predicted octanol–water partition coefficient (Wildman–Crippen LogP) is 27.4. The average Bonchev–Trinajstić information content (AvgIpc) is 0.794. The summed E-state index contributed by atoms with van der Waals surface area (Å²) in [5, 5.41) is 84.6. The second-order valence-electron chi connectivity index (χ2n) is 18.7. The third-order valence-corrected chi connectivity index (χ3v) is 22.0.